The molecular formula is C20H18ClN5O3S. The smallest absolute Gasteiger partial charge is 0.289 e. The molecule has 5 rings (SSSR count). The maximum absolute atomic E-state index is 13.2. The van der Waals surface area contributed by atoms with Gasteiger partial charge in [0.05, 0.1) is 16.6 Å². The summed E-state index contributed by atoms with van der Waals surface area (Å²) < 4.78 is 29.1. The number of hydrogen-bond acceptors (Lipinski definition) is 6. The Kier molecular flexibility index (Phi) is 4.61. The standard InChI is InChI=1S/C20H18ClN5O3S/c21-18-20(27)26(13-6-9-22-10-7-13)17-15-8-11-25(19(15)23-12-16(17)24-18)30(28,29)14-4-2-1-3-5-14/h1-5,8,11-13,22H,6-7,9-10H2. The van der Waals surface area contributed by atoms with Gasteiger partial charge in [0.2, 0.25) is 0 Å². The number of nitrogens with zero attached hydrogens (tertiary/aromatic N) is 4. The third-order valence-corrected chi connectivity index (χ3v) is 7.39. The van der Waals surface area contributed by atoms with E-state index in [9.17, 15) is 13.2 Å². The van der Waals surface area contributed by atoms with Crippen LogP contribution in [0, 0.1) is 0 Å². The molecule has 0 amide bonds. The Morgan fingerprint density at radius 1 is 1.10 bits per heavy atom. The van der Waals surface area contributed by atoms with Crippen molar-refractivity contribution in [3.8, 4) is 0 Å². The van der Waals surface area contributed by atoms with Gasteiger partial charge in [-0.25, -0.2) is 22.4 Å². The molecule has 0 unspecified atom stereocenters. The lowest BCUT2D eigenvalue weighted by Crippen LogP contribution is -2.35. The first-order valence-corrected chi connectivity index (χ1v) is 11.4. The van der Waals surface area contributed by atoms with E-state index in [1.54, 1.807) is 28.8 Å². The van der Waals surface area contributed by atoms with Crippen molar-refractivity contribution in [2.45, 2.75) is 23.8 Å². The van der Waals surface area contributed by atoms with E-state index in [-0.39, 0.29) is 27.3 Å². The van der Waals surface area contributed by atoms with Gasteiger partial charge in [0.25, 0.3) is 15.6 Å². The summed E-state index contributed by atoms with van der Waals surface area (Å²) in [5.74, 6) is 0. The van der Waals surface area contributed by atoms with Crippen molar-refractivity contribution in [3.05, 3.63) is 64.3 Å². The molecule has 0 aliphatic carbocycles. The van der Waals surface area contributed by atoms with Crippen molar-refractivity contribution in [1.29, 1.82) is 0 Å². The monoisotopic (exact) mass is 443 g/mol. The van der Waals surface area contributed by atoms with E-state index in [4.69, 9.17) is 11.6 Å². The summed E-state index contributed by atoms with van der Waals surface area (Å²) in [4.78, 5) is 21.7. The number of piperidine rings is 1. The van der Waals surface area contributed by atoms with Crippen molar-refractivity contribution < 1.29 is 8.42 Å². The fourth-order valence-electron chi connectivity index (χ4n) is 4.04. The Morgan fingerprint density at radius 3 is 2.57 bits per heavy atom. The second-order valence-corrected chi connectivity index (χ2v) is 9.39. The summed E-state index contributed by atoms with van der Waals surface area (Å²) in [7, 11) is -3.84. The van der Waals surface area contributed by atoms with Crippen LogP contribution < -0.4 is 10.9 Å². The largest absolute Gasteiger partial charge is 0.317 e. The molecule has 1 aromatic carbocycles. The lowest BCUT2D eigenvalue weighted by Gasteiger charge is -2.26. The zero-order valence-corrected chi connectivity index (χ0v) is 17.4. The highest BCUT2D eigenvalue weighted by atomic mass is 35.5. The number of halogens is 1. The van der Waals surface area contributed by atoms with Crippen LogP contribution in [0.15, 0.2) is 58.5 Å². The lowest BCUT2D eigenvalue weighted by molar-refractivity contribution is 0.369. The van der Waals surface area contributed by atoms with Crippen molar-refractivity contribution in [1.82, 2.24) is 23.8 Å². The summed E-state index contributed by atoms with van der Waals surface area (Å²) in [5, 5.41) is 3.72. The Hall–Kier alpha value is -2.75. The van der Waals surface area contributed by atoms with E-state index >= 15 is 0 Å². The molecule has 154 valence electrons. The fourth-order valence-corrected chi connectivity index (χ4v) is 5.55. The van der Waals surface area contributed by atoms with Crippen molar-refractivity contribution in [2.24, 2.45) is 0 Å². The molecule has 0 radical (unpaired) electrons. The molecule has 1 N–H and O–H groups in total. The van der Waals surface area contributed by atoms with Crippen LogP contribution in [0.4, 0.5) is 0 Å². The van der Waals surface area contributed by atoms with Crippen LogP contribution in [0.25, 0.3) is 22.1 Å². The number of fused-ring (bicyclic) bond motifs is 3. The molecule has 0 atom stereocenters. The minimum atomic E-state index is -3.84. The number of rotatable bonds is 3. The molecule has 0 spiro atoms. The molecular weight excluding hydrogens is 426 g/mol. The third kappa shape index (κ3) is 2.92. The maximum Gasteiger partial charge on any atom is 0.289 e. The molecule has 4 aromatic rings. The van der Waals surface area contributed by atoms with Gasteiger partial charge in [-0.15, -0.1) is 0 Å². The van der Waals surface area contributed by atoms with Crippen LogP contribution >= 0.6 is 11.6 Å². The summed E-state index contributed by atoms with van der Waals surface area (Å²) in [6.07, 6.45) is 4.47. The quantitative estimate of drug-likeness (QED) is 0.522. The number of benzene rings is 1. The average Bonchev–Trinajstić information content (AvgIpc) is 3.21. The predicted molar refractivity (Wildman–Crippen MR) is 114 cm³/mol. The van der Waals surface area contributed by atoms with E-state index in [0.29, 0.717) is 16.4 Å². The molecule has 30 heavy (non-hydrogen) atoms. The van der Waals surface area contributed by atoms with Gasteiger partial charge in [0, 0.05) is 17.6 Å². The number of pyridine rings is 1. The van der Waals surface area contributed by atoms with Crippen molar-refractivity contribution >= 4 is 43.7 Å². The van der Waals surface area contributed by atoms with Gasteiger partial charge in [0.1, 0.15) is 5.52 Å². The first-order valence-electron chi connectivity index (χ1n) is 9.57. The molecule has 4 heterocycles. The molecule has 1 aliphatic rings. The van der Waals surface area contributed by atoms with E-state index in [2.05, 4.69) is 15.3 Å². The van der Waals surface area contributed by atoms with Gasteiger partial charge >= 0.3 is 0 Å². The number of hydrogen-bond donors (Lipinski definition) is 1. The van der Waals surface area contributed by atoms with Gasteiger partial charge in [-0.1, -0.05) is 29.8 Å². The van der Waals surface area contributed by atoms with Gasteiger partial charge in [0.15, 0.2) is 10.8 Å². The second kappa shape index (κ2) is 7.19. The Morgan fingerprint density at radius 2 is 1.83 bits per heavy atom. The van der Waals surface area contributed by atoms with E-state index in [1.807, 2.05) is 0 Å². The van der Waals surface area contributed by atoms with Gasteiger partial charge in [-0.2, -0.15) is 0 Å². The van der Waals surface area contributed by atoms with Gasteiger partial charge in [-0.3, -0.25) is 4.79 Å². The summed E-state index contributed by atoms with van der Waals surface area (Å²) >= 11 is 6.13. The van der Waals surface area contributed by atoms with E-state index in [0.717, 1.165) is 29.9 Å². The normalized spacial score (nSPS) is 15.8. The maximum atomic E-state index is 13.2. The summed E-state index contributed by atoms with van der Waals surface area (Å²) in [6.45, 7) is 1.58. The first-order chi connectivity index (χ1) is 14.5. The molecule has 8 nitrogen and oxygen atoms in total. The highest BCUT2D eigenvalue weighted by Gasteiger charge is 2.25. The minimum absolute atomic E-state index is 0.0542. The molecule has 3 aromatic heterocycles. The van der Waals surface area contributed by atoms with Crippen LogP contribution in [0.5, 0.6) is 0 Å². The number of aromatic nitrogens is 4. The van der Waals surface area contributed by atoms with Gasteiger partial charge in [-0.05, 0) is 44.1 Å². The summed E-state index contributed by atoms with van der Waals surface area (Å²) in [6, 6.07) is 9.78. The Labute approximate surface area is 177 Å². The number of nitrogens with one attached hydrogen (secondary N) is 1. The highest BCUT2D eigenvalue weighted by Crippen LogP contribution is 2.30. The van der Waals surface area contributed by atoms with E-state index < -0.39 is 10.0 Å². The minimum Gasteiger partial charge on any atom is -0.317 e. The van der Waals surface area contributed by atoms with Crippen LogP contribution in [0.3, 0.4) is 0 Å². The zero-order chi connectivity index (χ0) is 20.9. The average molecular weight is 444 g/mol. The van der Waals surface area contributed by atoms with Crippen molar-refractivity contribution in [3.63, 3.8) is 0 Å². The molecule has 10 heteroatoms. The Balaban J connectivity index is 1.81. The Bertz CT molecular complexity index is 1420. The van der Waals surface area contributed by atoms with Crippen LogP contribution in [0.2, 0.25) is 5.15 Å². The fraction of sp³-hybridized carbons (Fsp3) is 0.250. The predicted octanol–water partition coefficient (Wildman–Crippen LogP) is 2.56. The van der Waals surface area contributed by atoms with Crippen LogP contribution in [-0.2, 0) is 10.0 Å². The topological polar surface area (TPSA) is 98.9 Å². The highest BCUT2D eigenvalue weighted by molar-refractivity contribution is 7.90. The lowest BCUT2D eigenvalue weighted by atomic mass is 10.1. The molecule has 0 bridgehead atoms. The summed E-state index contributed by atoms with van der Waals surface area (Å²) in [5.41, 5.74) is 0.892. The SMILES string of the molecule is O=c1c(Cl)nc2cnc3c(ccn3S(=O)(=O)c3ccccc3)c2n1C1CCNCC1. The second-order valence-electron chi connectivity index (χ2n) is 7.22. The van der Waals surface area contributed by atoms with Crippen LogP contribution in [-0.4, -0.2) is 40.0 Å². The molecule has 0 saturated carbocycles. The van der Waals surface area contributed by atoms with Gasteiger partial charge < -0.3 is 9.88 Å². The zero-order valence-electron chi connectivity index (χ0n) is 15.8. The molecule has 1 aliphatic heterocycles. The van der Waals surface area contributed by atoms with Crippen LogP contribution in [0.1, 0.15) is 18.9 Å². The third-order valence-electron chi connectivity index (χ3n) is 5.46. The first kappa shape index (κ1) is 19.2. The van der Waals surface area contributed by atoms with E-state index in [1.165, 1.54) is 24.5 Å². The molecule has 1 fully saturated rings. The van der Waals surface area contributed by atoms with Crippen molar-refractivity contribution in [2.75, 3.05) is 13.1 Å². The molecule has 1 saturated heterocycles.